The second kappa shape index (κ2) is 6.42. The SMILES string of the molecule is COCCSCc1cccc(C(=O)O)n1. The van der Waals surface area contributed by atoms with Gasteiger partial charge in [0.15, 0.2) is 0 Å². The van der Waals surface area contributed by atoms with Gasteiger partial charge in [-0.25, -0.2) is 9.78 Å². The van der Waals surface area contributed by atoms with E-state index in [1.54, 1.807) is 24.9 Å². The number of thioether (sulfide) groups is 1. The third-order valence-corrected chi connectivity index (χ3v) is 2.66. The van der Waals surface area contributed by atoms with Crippen LogP contribution in [0.25, 0.3) is 0 Å². The molecule has 0 unspecified atom stereocenters. The van der Waals surface area contributed by atoms with E-state index in [9.17, 15) is 4.79 Å². The van der Waals surface area contributed by atoms with Gasteiger partial charge in [-0.2, -0.15) is 11.8 Å². The average molecular weight is 227 g/mol. The minimum absolute atomic E-state index is 0.0971. The Morgan fingerprint density at radius 1 is 1.60 bits per heavy atom. The van der Waals surface area contributed by atoms with E-state index < -0.39 is 5.97 Å². The van der Waals surface area contributed by atoms with Crippen molar-refractivity contribution in [1.29, 1.82) is 0 Å². The molecule has 0 aliphatic carbocycles. The normalized spacial score (nSPS) is 10.2. The van der Waals surface area contributed by atoms with Gasteiger partial charge in [0, 0.05) is 18.6 Å². The van der Waals surface area contributed by atoms with Crippen LogP contribution in [0.3, 0.4) is 0 Å². The summed E-state index contributed by atoms with van der Waals surface area (Å²) in [6.45, 7) is 0.698. The summed E-state index contributed by atoms with van der Waals surface area (Å²) in [5.41, 5.74) is 0.885. The minimum Gasteiger partial charge on any atom is -0.477 e. The molecule has 1 aromatic rings. The third kappa shape index (κ3) is 4.31. The van der Waals surface area contributed by atoms with Crippen molar-refractivity contribution in [3.05, 3.63) is 29.6 Å². The van der Waals surface area contributed by atoms with Crippen LogP contribution in [0, 0.1) is 0 Å². The Labute approximate surface area is 92.7 Å². The number of rotatable bonds is 6. The van der Waals surface area contributed by atoms with Crippen molar-refractivity contribution < 1.29 is 14.6 Å². The number of nitrogens with zero attached hydrogens (tertiary/aromatic N) is 1. The topological polar surface area (TPSA) is 59.4 Å². The zero-order valence-electron chi connectivity index (χ0n) is 8.47. The lowest BCUT2D eigenvalue weighted by Gasteiger charge is -2.01. The van der Waals surface area contributed by atoms with Crippen molar-refractivity contribution in [2.75, 3.05) is 19.5 Å². The van der Waals surface area contributed by atoms with E-state index in [0.29, 0.717) is 12.4 Å². The van der Waals surface area contributed by atoms with Crippen LogP contribution < -0.4 is 0 Å². The summed E-state index contributed by atoms with van der Waals surface area (Å²) in [5, 5.41) is 8.73. The number of pyridine rings is 1. The summed E-state index contributed by atoms with van der Waals surface area (Å²) < 4.78 is 4.91. The van der Waals surface area contributed by atoms with Gasteiger partial charge in [0.2, 0.25) is 0 Å². The number of aromatic nitrogens is 1. The van der Waals surface area contributed by atoms with Gasteiger partial charge in [-0.05, 0) is 12.1 Å². The fraction of sp³-hybridized carbons (Fsp3) is 0.400. The number of carbonyl (C=O) groups is 1. The highest BCUT2D eigenvalue weighted by Crippen LogP contribution is 2.10. The van der Waals surface area contributed by atoms with Gasteiger partial charge >= 0.3 is 5.97 Å². The molecule has 1 heterocycles. The summed E-state index contributed by atoms with van der Waals surface area (Å²) >= 11 is 1.67. The molecule has 0 aliphatic rings. The van der Waals surface area contributed by atoms with Crippen LogP contribution in [0.15, 0.2) is 18.2 Å². The van der Waals surface area contributed by atoms with Crippen LogP contribution in [-0.2, 0) is 10.5 Å². The molecule has 4 nitrogen and oxygen atoms in total. The van der Waals surface area contributed by atoms with Crippen molar-refractivity contribution in [1.82, 2.24) is 4.98 Å². The van der Waals surface area contributed by atoms with E-state index in [1.807, 2.05) is 6.07 Å². The Kier molecular flexibility index (Phi) is 5.14. The molecule has 0 radical (unpaired) electrons. The summed E-state index contributed by atoms with van der Waals surface area (Å²) in [5.74, 6) is 0.610. The number of aromatic carboxylic acids is 1. The fourth-order valence-corrected chi connectivity index (χ4v) is 1.80. The molecule has 1 rings (SSSR count). The van der Waals surface area contributed by atoms with Crippen LogP contribution in [0.4, 0.5) is 0 Å². The number of hydrogen-bond acceptors (Lipinski definition) is 4. The highest BCUT2D eigenvalue weighted by Gasteiger charge is 2.04. The van der Waals surface area contributed by atoms with Gasteiger partial charge in [0.25, 0.3) is 0 Å². The molecule has 0 atom stereocenters. The standard InChI is InChI=1S/C10H13NO3S/c1-14-5-6-15-7-8-3-2-4-9(11-8)10(12)13/h2-4H,5-7H2,1H3,(H,12,13). The molecule has 1 aromatic heterocycles. The lowest BCUT2D eigenvalue weighted by atomic mass is 10.3. The van der Waals surface area contributed by atoms with E-state index >= 15 is 0 Å². The highest BCUT2D eigenvalue weighted by molar-refractivity contribution is 7.98. The zero-order valence-corrected chi connectivity index (χ0v) is 9.29. The maximum Gasteiger partial charge on any atom is 0.354 e. The zero-order chi connectivity index (χ0) is 11.1. The summed E-state index contributed by atoms with van der Waals surface area (Å²) in [6.07, 6.45) is 0. The largest absolute Gasteiger partial charge is 0.477 e. The van der Waals surface area contributed by atoms with Crippen LogP contribution in [0.2, 0.25) is 0 Å². The van der Waals surface area contributed by atoms with Crippen LogP contribution in [-0.4, -0.2) is 35.5 Å². The molecule has 1 N–H and O–H groups in total. The molecule has 0 amide bonds. The molecule has 5 heteroatoms. The number of hydrogen-bond donors (Lipinski definition) is 1. The van der Waals surface area contributed by atoms with Crippen LogP contribution >= 0.6 is 11.8 Å². The van der Waals surface area contributed by atoms with Gasteiger partial charge in [-0.15, -0.1) is 0 Å². The fourth-order valence-electron chi connectivity index (χ4n) is 0.998. The Morgan fingerprint density at radius 3 is 3.07 bits per heavy atom. The van der Waals surface area contributed by atoms with Crippen molar-refractivity contribution in [3.63, 3.8) is 0 Å². The van der Waals surface area contributed by atoms with Gasteiger partial charge in [-0.1, -0.05) is 6.07 Å². The van der Waals surface area contributed by atoms with Gasteiger partial charge in [0.1, 0.15) is 5.69 Å². The Bertz CT molecular complexity index is 330. The molecule has 82 valence electrons. The molecule has 0 saturated carbocycles. The number of carboxylic acids is 1. The van der Waals surface area contributed by atoms with Gasteiger partial charge < -0.3 is 9.84 Å². The monoisotopic (exact) mass is 227 g/mol. The summed E-state index contributed by atoms with van der Waals surface area (Å²) in [4.78, 5) is 14.6. The minimum atomic E-state index is -0.987. The maximum absolute atomic E-state index is 10.6. The summed E-state index contributed by atoms with van der Waals surface area (Å²) in [6, 6.07) is 5.03. The van der Waals surface area contributed by atoms with Crippen LogP contribution in [0.1, 0.15) is 16.2 Å². The van der Waals surface area contributed by atoms with Crippen molar-refractivity contribution in [2.24, 2.45) is 0 Å². The quantitative estimate of drug-likeness (QED) is 0.749. The molecular weight excluding hydrogens is 214 g/mol. The van der Waals surface area contributed by atoms with E-state index in [2.05, 4.69) is 4.98 Å². The first-order chi connectivity index (χ1) is 7.24. The third-order valence-electron chi connectivity index (χ3n) is 1.71. The second-order valence-electron chi connectivity index (χ2n) is 2.86. The van der Waals surface area contributed by atoms with Crippen molar-refractivity contribution in [3.8, 4) is 0 Å². The molecule has 0 fully saturated rings. The molecule has 0 saturated heterocycles. The number of ether oxygens (including phenoxy) is 1. The molecule has 0 spiro atoms. The molecule has 0 bridgehead atoms. The highest BCUT2D eigenvalue weighted by atomic mass is 32.2. The van der Waals surface area contributed by atoms with E-state index in [4.69, 9.17) is 9.84 Å². The predicted molar refractivity (Wildman–Crippen MR) is 59.2 cm³/mol. The number of methoxy groups -OCH3 is 1. The van der Waals surface area contributed by atoms with Crippen molar-refractivity contribution >= 4 is 17.7 Å². The Morgan fingerprint density at radius 2 is 2.40 bits per heavy atom. The average Bonchev–Trinajstić information content (AvgIpc) is 2.25. The van der Waals surface area contributed by atoms with E-state index in [1.165, 1.54) is 6.07 Å². The summed E-state index contributed by atoms with van der Waals surface area (Å²) in [7, 11) is 1.66. The van der Waals surface area contributed by atoms with Gasteiger partial charge in [-0.3, -0.25) is 0 Å². The lowest BCUT2D eigenvalue weighted by molar-refractivity contribution is 0.0690. The molecule has 0 aromatic carbocycles. The molecule has 15 heavy (non-hydrogen) atoms. The second-order valence-corrected chi connectivity index (χ2v) is 3.97. The van der Waals surface area contributed by atoms with Gasteiger partial charge in [0.05, 0.1) is 12.3 Å². The Hall–Kier alpha value is -1.07. The molecule has 0 aliphatic heterocycles. The smallest absolute Gasteiger partial charge is 0.354 e. The number of carboxylic acid groups (broad SMARTS) is 1. The molecular formula is C10H13NO3S. The van der Waals surface area contributed by atoms with E-state index in [0.717, 1.165) is 11.4 Å². The first-order valence-corrected chi connectivity index (χ1v) is 5.65. The maximum atomic E-state index is 10.6. The lowest BCUT2D eigenvalue weighted by Crippen LogP contribution is -2.02. The Balaban J connectivity index is 2.47. The van der Waals surface area contributed by atoms with Crippen LogP contribution in [0.5, 0.6) is 0 Å². The van der Waals surface area contributed by atoms with E-state index in [-0.39, 0.29) is 5.69 Å². The first kappa shape index (κ1) is 12.0. The van der Waals surface area contributed by atoms with Crippen molar-refractivity contribution in [2.45, 2.75) is 5.75 Å². The first-order valence-electron chi connectivity index (χ1n) is 4.50. The predicted octanol–water partition coefficient (Wildman–Crippen LogP) is 1.66.